The normalized spacial score (nSPS) is 18.4. The maximum atomic E-state index is 13.8. The van der Waals surface area contributed by atoms with Crippen LogP contribution >= 0.6 is 0 Å². The number of carbonyl (C=O) groups is 2. The SMILES string of the molecule is COc1ccccc1[C@@H]1C2=C(CC(C)(C)CC2=O)Nc2ccccc2N1CC(=O)NCCc1cnc[nH]1. The van der Waals surface area contributed by atoms with Crippen molar-refractivity contribution in [2.75, 3.05) is 30.4 Å². The first-order valence-electron chi connectivity index (χ1n) is 12.6. The number of para-hydroxylation sites is 3. The average molecular weight is 500 g/mol. The number of carbonyl (C=O) groups excluding carboxylic acids is 2. The van der Waals surface area contributed by atoms with E-state index < -0.39 is 6.04 Å². The monoisotopic (exact) mass is 499 g/mol. The van der Waals surface area contributed by atoms with Crippen LogP contribution in [0, 0.1) is 5.41 Å². The third-order valence-electron chi connectivity index (χ3n) is 7.02. The fourth-order valence-electron chi connectivity index (χ4n) is 5.41. The zero-order valence-corrected chi connectivity index (χ0v) is 21.5. The molecule has 2 aromatic carbocycles. The molecular formula is C29H33N5O3. The summed E-state index contributed by atoms with van der Waals surface area (Å²) >= 11 is 0. The van der Waals surface area contributed by atoms with Crippen LogP contribution in [0.3, 0.4) is 0 Å². The number of imidazole rings is 1. The number of aromatic nitrogens is 2. The van der Waals surface area contributed by atoms with Crippen molar-refractivity contribution in [1.82, 2.24) is 15.3 Å². The smallest absolute Gasteiger partial charge is 0.239 e. The molecule has 3 aromatic rings. The number of H-pyrrole nitrogens is 1. The van der Waals surface area contributed by atoms with Gasteiger partial charge in [-0.05, 0) is 30.0 Å². The average Bonchev–Trinajstić information content (AvgIpc) is 3.34. The summed E-state index contributed by atoms with van der Waals surface area (Å²) in [6.45, 7) is 4.80. The number of benzene rings is 2. The van der Waals surface area contributed by atoms with Crippen LogP contribution in [0.2, 0.25) is 0 Å². The number of nitrogens with one attached hydrogen (secondary N) is 3. The molecule has 8 nitrogen and oxygen atoms in total. The van der Waals surface area contributed by atoms with E-state index >= 15 is 0 Å². The molecule has 1 amide bonds. The summed E-state index contributed by atoms with van der Waals surface area (Å²) in [6, 6.07) is 15.2. The second-order valence-corrected chi connectivity index (χ2v) is 10.4. The lowest BCUT2D eigenvalue weighted by Crippen LogP contribution is -2.42. The van der Waals surface area contributed by atoms with Gasteiger partial charge in [-0.3, -0.25) is 9.59 Å². The minimum absolute atomic E-state index is 0.0812. The summed E-state index contributed by atoms with van der Waals surface area (Å²) in [4.78, 5) is 36.2. The molecule has 0 saturated heterocycles. The minimum Gasteiger partial charge on any atom is -0.496 e. The molecule has 5 rings (SSSR count). The number of amides is 1. The third-order valence-corrected chi connectivity index (χ3v) is 7.02. The van der Waals surface area contributed by atoms with E-state index in [0.29, 0.717) is 30.7 Å². The lowest BCUT2D eigenvalue weighted by Gasteiger charge is -2.38. The number of ether oxygens (including phenoxy) is 1. The quantitative estimate of drug-likeness (QED) is 0.446. The summed E-state index contributed by atoms with van der Waals surface area (Å²) < 4.78 is 5.75. The molecule has 192 valence electrons. The summed E-state index contributed by atoms with van der Waals surface area (Å²) in [7, 11) is 1.63. The number of methoxy groups -OCH3 is 1. The van der Waals surface area contributed by atoms with E-state index in [1.807, 2.05) is 53.4 Å². The molecule has 0 spiro atoms. The van der Waals surface area contributed by atoms with Gasteiger partial charge in [0.15, 0.2) is 5.78 Å². The molecule has 37 heavy (non-hydrogen) atoms. The number of fused-ring (bicyclic) bond motifs is 1. The molecule has 1 aliphatic carbocycles. The number of aromatic amines is 1. The van der Waals surface area contributed by atoms with Gasteiger partial charge in [0, 0.05) is 48.1 Å². The Morgan fingerprint density at radius 3 is 2.73 bits per heavy atom. The van der Waals surface area contributed by atoms with Gasteiger partial charge >= 0.3 is 0 Å². The Balaban J connectivity index is 1.57. The Morgan fingerprint density at radius 2 is 1.95 bits per heavy atom. The van der Waals surface area contributed by atoms with Gasteiger partial charge in [-0.1, -0.05) is 44.2 Å². The predicted molar refractivity (Wildman–Crippen MR) is 143 cm³/mol. The fourth-order valence-corrected chi connectivity index (χ4v) is 5.41. The lowest BCUT2D eigenvalue weighted by atomic mass is 9.73. The molecule has 0 fully saturated rings. The predicted octanol–water partition coefficient (Wildman–Crippen LogP) is 4.39. The van der Waals surface area contributed by atoms with E-state index in [1.165, 1.54) is 0 Å². The Morgan fingerprint density at radius 1 is 1.16 bits per heavy atom. The number of anilines is 2. The highest BCUT2D eigenvalue weighted by atomic mass is 16.5. The van der Waals surface area contributed by atoms with Gasteiger partial charge in [-0.2, -0.15) is 0 Å². The molecule has 8 heteroatoms. The van der Waals surface area contributed by atoms with E-state index in [2.05, 4.69) is 34.4 Å². The van der Waals surface area contributed by atoms with Crippen LogP contribution in [-0.2, 0) is 16.0 Å². The van der Waals surface area contributed by atoms with Crippen LogP contribution in [-0.4, -0.2) is 41.9 Å². The third kappa shape index (κ3) is 5.09. The first kappa shape index (κ1) is 24.6. The zero-order valence-electron chi connectivity index (χ0n) is 21.5. The van der Waals surface area contributed by atoms with E-state index in [1.54, 1.807) is 19.6 Å². The van der Waals surface area contributed by atoms with Crippen LogP contribution in [0.15, 0.2) is 72.3 Å². The molecular weight excluding hydrogens is 466 g/mol. The Labute approximate surface area is 217 Å². The van der Waals surface area contributed by atoms with E-state index in [0.717, 1.165) is 34.8 Å². The summed E-state index contributed by atoms with van der Waals surface area (Å²) in [5, 5.41) is 6.62. The number of Topliss-reactive ketones (excluding diaryl/α,β-unsaturated/α-hetero) is 1. The van der Waals surface area contributed by atoms with Gasteiger partial charge in [-0.25, -0.2) is 4.98 Å². The van der Waals surface area contributed by atoms with Crippen molar-refractivity contribution in [3.05, 3.63) is 83.6 Å². The van der Waals surface area contributed by atoms with Gasteiger partial charge in [0.05, 0.1) is 37.4 Å². The molecule has 0 radical (unpaired) electrons. The number of ketones is 1. The molecule has 3 N–H and O–H groups in total. The molecule has 1 aliphatic heterocycles. The van der Waals surface area contributed by atoms with Crippen molar-refractivity contribution in [3.63, 3.8) is 0 Å². The van der Waals surface area contributed by atoms with Crippen LogP contribution in [0.4, 0.5) is 11.4 Å². The zero-order chi connectivity index (χ0) is 26.0. The minimum atomic E-state index is -0.482. The van der Waals surface area contributed by atoms with Crippen molar-refractivity contribution >= 4 is 23.1 Å². The number of hydrogen-bond acceptors (Lipinski definition) is 6. The maximum Gasteiger partial charge on any atom is 0.239 e. The first-order chi connectivity index (χ1) is 17.9. The van der Waals surface area contributed by atoms with Gasteiger partial charge in [-0.15, -0.1) is 0 Å². The van der Waals surface area contributed by atoms with Crippen molar-refractivity contribution in [2.24, 2.45) is 5.41 Å². The second kappa shape index (κ2) is 10.1. The van der Waals surface area contributed by atoms with E-state index in [4.69, 9.17) is 4.74 Å². The Hall–Kier alpha value is -4.07. The van der Waals surface area contributed by atoms with Crippen molar-refractivity contribution < 1.29 is 14.3 Å². The van der Waals surface area contributed by atoms with Crippen molar-refractivity contribution in [2.45, 2.75) is 39.2 Å². The molecule has 2 aliphatic rings. The molecule has 1 atom stereocenters. The lowest BCUT2D eigenvalue weighted by molar-refractivity contribution is -0.120. The van der Waals surface area contributed by atoms with Crippen LogP contribution in [0.5, 0.6) is 5.75 Å². The number of rotatable bonds is 7. The molecule has 0 bridgehead atoms. The Kier molecular flexibility index (Phi) is 6.74. The van der Waals surface area contributed by atoms with Gasteiger partial charge in [0.25, 0.3) is 0 Å². The largest absolute Gasteiger partial charge is 0.496 e. The van der Waals surface area contributed by atoms with Crippen molar-refractivity contribution in [3.8, 4) is 5.75 Å². The molecule has 2 heterocycles. The maximum absolute atomic E-state index is 13.8. The highest BCUT2D eigenvalue weighted by molar-refractivity contribution is 6.02. The molecule has 1 aromatic heterocycles. The van der Waals surface area contributed by atoms with E-state index in [-0.39, 0.29) is 23.7 Å². The van der Waals surface area contributed by atoms with Gasteiger partial charge < -0.3 is 25.3 Å². The highest BCUT2D eigenvalue weighted by Crippen LogP contribution is 2.49. The summed E-state index contributed by atoms with van der Waals surface area (Å²) in [5.74, 6) is 0.648. The molecule has 0 unspecified atom stereocenters. The van der Waals surface area contributed by atoms with E-state index in [9.17, 15) is 9.59 Å². The Bertz CT molecular complexity index is 1330. The number of allylic oxidation sites excluding steroid dienone is 1. The number of hydrogen-bond donors (Lipinski definition) is 3. The van der Waals surface area contributed by atoms with Crippen LogP contribution in [0.25, 0.3) is 0 Å². The fraction of sp³-hybridized carbons (Fsp3) is 0.345. The molecule has 0 saturated carbocycles. The topological polar surface area (TPSA) is 99.3 Å². The summed E-state index contributed by atoms with van der Waals surface area (Å²) in [6.07, 6.45) is 5.22. The number of nitrogens with zero attached hydrogens (tertiary/aromatic N) is 2. The van der Waals surface area contributed by atoms with Gasteiger partial charge in [0.1, 0.15) is 5.75 Å². The standard InChI is InChI=1S/C29H33N5O3/c1-29(2)14-22-27(24(35)15-29)28(20-8-4-7-11-25(20)37-3)34(23-10-6-5-9-21(23)33-22)17-26(36)31-13-12-19-16-30-18-32-19/h4-11,16,18,28,33H,12-15,17H2,1-3H3,(H,30,32)(H,31,36)/t28-/m1/s1. The summed E-state index contributed by atoms with van der Waals surface area (Å²) in [5.41, 5.74) is 5.00. The van der Waals surface area contributed by atoms with Crippen molar-refractivity contribution in [1.29, 1.82) is 0 Å². The van der Waals surface area contributed by atoms with Crippen LogP contribution in [0.1, 0.15) is 44.0 Å². The highest BCUT2D eigenvalue weighted by Gasteiger charge is 2.42. The second-order valence-electron chi connectivity index (χ2n) is 10.4. The first-order valence-corrected chi connectivity index (χ1v) is 12.6. The van der Waals surface area contributed by atoms with Crippen LogP contribution < -0.4 is 20.3 Å². The van der Waals surface area contributed by atoms with Gasteiger partial charge in [0.2, 0.25) is 5.91 Å².